The Kier molecular flexibility index (Phi) is 8.21. The molecule has 0 aliphatic carbocycles. The van der Waals surface area contributed by atoms with Gasteiger partial charge in [-0.1, -0.05) is 25.4 Å². The van der Waals surface area contributed by atoms with Crippen molar-refractivity contribution in [2.75, 3.05) is 19.7 Å². The van der Waals surface area contributed by atoms with E-state index in [0.717, 1.165) is 43.7 Å². The van der Waals surface area contributed by atoms with Gasteiger partial charge in [-0.25, -0.2) is 0 Å². The highest BCUT2D eigenvalue weighted by molar-refractivity contribution is 6.30. The van der Waals surface area contributed by atoms with Crippen LogP contribution in [0, 0.1) is 6.92 Å². The Labute approximate surface area is 133 Å². The zero-order chi connectivity index (χ0) is 15.7. The standard InChI is InChI=1S/C17H26ClNO2/c1-4-10-19(11-5-2)17(20)7-6-12-21-16-9-8-15(18)13-14(16)3/h8-9,13H,4-7,10-12H2,1-3H3. The Hall–Kier alpha value is -1.22. The van der Waals surface area contributed by atoms with Crippen LogP contribution in [0.25, 0.3) is 0 Å². The van der Waals surface area contributed by atoms with Gasteiger partial charge in [-0.05, 0) is 49.9 Å². The molecule has 1 aromatic carbocycles. The fraction of sp³-hybridized carbons (Fsp3) is 0.588. The topological polar surface area (TPSA) is 29.5 Å². The molecule has 0 N–H and O–H groups in total. The summed E-state index contributed by atoms with van der Waals surface area (Å²) in [6.45, 7) is 8.43. The Bertz CT molecular complexity index is 442. The van der Waals surface area contributed by atoms with Gasteiger partial charge in [-0.15, -0.1) is 0 Å². The van der Waals surface area contributed by atoms with Crippen molar-refractivity contribution in [1.82, 2.24) is 4.90 Å². The quantitative estimate of drug-likeness (QED) is 0.630. The predicted octanol–water partition coefficient (Wildman–Crippen LogP) is 4.46. The van der Waals surface area contributed by atoms with Crippen LogP contribution >= 0.6 is 11.6 Å². The first-order valence-electron chi connectivity index (χ1n) is 7.75. The van der Waals surface area contributed by atoms with Crippen molar-refractivity contribution in [1.29, 1.82) is 0 Å². The van der Waals surface area contributed by atoms with Gasteiger partial charge in [-0.3, -0.25) is 4.79 Å². The van der Waals surface area contributed by atoms with Gasteiger partial charge in [0.1, 0.15) is 5.75 Å². The van der Waals surface area contributed by atoms with Gasteiger partial charge >= 0.3 is 0 Å². The highest BCUT2D eigenvalue weighted by Gasteiger charge is 2.11. The van der Waals surface area contributed by atoms with Crippen molar-refractivity contribution < 1.29 is 9.53 Å². The summed E-state index contributed by atoms with van der Waals surface area (Å²) in [7, 11) is 0. The summed E-state index contributed by atoms with van der Waals surface area (Å²) in [6, 6.07) is 5.57. The molecule has 3 nitrogen and oxygen atoms in total. The van der Waals surface area contributed by atoms with E-state index in [1.54, 1.807) is 0 Å². The minimum Gasteiger partial charge on any atom is -0.493 e. The monoisotopic (exact) mass is 311 g/mol. The number of carbonyl (C=O) groups excluding carboxylic acids is 1. The van der Waals surface area contributed by atoms with E-state index < -0.39 is 0 Å². The second kappa shape index (κ2) is 9.67. The van der Waals surface area contributed by atoms with E-state index in [9.17, 15) is 4.79 Å². The summed E-state index contributed by atoms with van der Waals surface area (Å²) in [5, 5.41) is 0.713. The summed E-state index contributed by atoms with van der Waals surface area (Å²) in [5.41, 5.74) is 1.02. The Morgan fingerprint density at radius 2 is 1.90 bits per heavy atom. The van der Waals surface area contributed by atoms with Gasteiger partial charge in [0.2, 0.25) is 5.91 Å². The summed E-state index contributed by atoms with van der Waals surface area (Å²) in [4.78, 5) is 14.1. The lowest BCUT2D eigenvalue weighted by molar-refractivity contribution is -0.131. The number of hydrogen-bond acceptors (Lipinski definition) is 2. The Morgan fingerprint density at radius 1 is 1.24 bits per heavy atom. The van der Waals surface area contributed by atoms with E-state index >= 15 is 0 Å². The summed E-state index contributed by atoms with van der Waals surface area (Å²) >= 11 is 5.91. The molecule has 0 saturated heterocycles. The molecular weight excluding hydrogens is 286 g/mol. The molecule has 0 aromatic heterocycles. The lowest BCUT2D eigenvalue weighted by atomic mass is 10.2. The molecule has 0 aliphatic rings. The van der Waals surface area contributed by atoms with Crippen LogP contribution in [-0.4, -0.2) is 30.5 Å². The molecule has 0 fully saturated rings. The third-order valence-electron chi connectivity index (χ3n) is 3.27. The van der Waals surface area contributed by atoms with Gasteiger partial charge in [0.25, 0.3) is 0 Å². The van der Waals surface area contributed by atoms with Crippen LogP contribution < -0.4 is 4.74 Å². The molecule has 0 atom stereocenters. The molecule has 4 heteroatoms. The Morgan fingerprint density at radius 3 is 2.48 bits per heavy atom. The van der Waals surface area contributed by atoms with E-state index in [-0.39, 0.29) is 5.91 Å². The van der Waals surface area contributed by atoms with Crippen molar-refractivity contribution >= 4 is 17.5 Å². The fourth-order valence-electron chi connectivity index (χ4n) is 2.24. The second-order valence-electron chi connectivity index (χ2n) is 5.24. The summed E-state index contributed by atoms with van der Waals surface area (Å²) < 4.78 is 5.71. The van der Waals surface area contributed by atoms with Gasteiger partial charge in [0.15, 0.2) is 0 Å². The molecule has 0 bridgehead atoms. The molecule has 21 heavy (non-hydrogen) atoms. The smallest absolute Gasteiger partial charge is 0.222 e. The number of hydrogen-bond donors (Lipinski definition) is 0. The van der Waals surface area contributed by atoms with Crippen LogP contribution in [0.2, 0.25) is 5.02 Å². The Balaban J connectivity index is 2.34. The van der Waals surface area contributed by atoms with Crippen LogP contribution in [0.1, 0.15) is 45.1 Å². The third-order valence-corrected chi connectivity index (χ3v) is 3.50. The van der Waals surface area contributed by atoms with Crippen LogP contribution in [0.5, 0.6) is 5.75 Å². The molecule has 0 aliphatic heterocycles. The molecule has 0 saturated carbocycles. The van der Waals surface area contributed by atoms with E-state index in [1.807, 2.05) is 30.0 Å². The molecule has 1 amide bonds. The maximum atomic E-state index is 12.1. The van der Waals surface area contributed by atoms with Crippen LogP contribution in [-0.2, 0) is 4.79 Å². The minimum absolute atomic E-state index is 0.232. The second-order valence-corrected chi connectivity index (χ2v) is 5.68. The summed E-state index contributed by atoms with van der Waals surface area (Å²) in [5.74, 6) is 1.07. The van der Waals surface area contributed by atoms with Crippen molar-refractivity contribution in [3.05, 3.63) is 28.8 Å². The molecular formula is C17H26ClNO2. The van der Waals surface area contributed by atoms with Crippen molar-refractivity contribution in [3.63, 3.8) is 0 Å². The zero-order valence-corrected chi connectivity index (χ0v) is 14.1. The first kappa shape index (κ1) is 17.8. The van der Waals surface area contributed by atoms with Crippen molar-refractivity contribution in [2.45, 2.75) is 46.5 Å². The van der Waals surface area contributed by atoms with Gasteiger partial charge < -0.3 is 9.64 Å². The number of ether oxygens (including phenoxy) is 1. The number of nitrogens with zero attached hydrogens (tertiary/aromatic N) is 1. The molecule has 118 valence electrons. The van der Waals surface area contributed by atoms with Gasteiger partial charge in [0, 0.05) is 24.5 Å². The van der Waals surface area contributed by atoms with Crippen molar-refractivity contribution in [3.8, 4) is 5.75 Å². The number of halogens is 1. The predicted molar refractivity (Wildman–Crippen MR) is 88.1 cm³/mol. The fourth-order valence-corrected chi connectivity index (χ4v) is 2.47. The van der Waals surface area contributed by atoms with E-state index in [2.05, 4.69) is 13.8 Å². The van der Waals surface area contributed by atoms with E-state index in [1.165, 1.54) is 0 Å². The third kappa shape index (κ3) is 6.38. The number of aryl methyl sites for hydroxylation is 1. The molecule has 0 unspecified atom stereocenters. The van der Waals surface area contributed by atoms with Crippen molar-refractivity contribution in [2.24, 2.45) is 0 Å². The molecule has 0 radical (unpaired) electrons. The normalized spacial score (nSPS) is 10.5. The lowest BCUT2D eigenvalue weighted by Crippen LogP contribution is -2.32. The zero-order valence-electron chi connectivity index (χ0n) is 13.3. The number of benzene rings is 1. The average Bonchev–Trinajstić information content (AvgIpc) is 2.45. The first-order chi connectivity index (χ1) is 10.1. The summed E-state index contributed by atoms with van der Waals surface area (Å²) in [6.07, 6.45) is 3.30. The van der Waals surface area contributed by atoms with Gasteiger partial charge in [0.05, 0.1) is 6.61 Å². The van der Waals surface area contributed by atoms with E-state index in [4.69, 9.17) is 16.3 Å². The highest BCUT2D eigenvalue weighted by Crippen LogP contribution is 2.21. The van der Waals surface area contributed by atoms with Crippen LogP contribution in [0.15, 0.2) is 18.2 Å². The maximum Gasteiger partial charge on any atom is 0.222 e. The maximum absolute atomic E-state index is 12.1. The van der Waals surface area contributed by atoms with Gasteiger partial charge in [-0.2, -0.15) is 0 Å². The molecule has 1 rings (SSSR count). The number of amides is 1. The largest absolute Gasteiger partial charge is 0.493 e. The SMILES string of the molecule is CCCN(CCC)C(=O)CCCOc1ccc(Cl)cc1C. The molecule has 1 aromatic rings. The highest BCUT2D eigenvalue weighted by atomic mass is 35.5. The first-order valence-corrected chi connectivity index (χ1v) is 8.13. The van der Waals surface area contributed by atoms with Crippen LogP contribution in [0.3, 0.4) is 0 Å². The number of rotatable bonds is 9. The molecule has 0 heterocycles. The average molecular weight is 312 g/mol. The van der Waals surface area contributed by atoms with E-state index in [0.29, 0.717) is 18.1 Å². The lowest BCUT2D eigenvalue weighted by Gasteiger charge is -2.21. The number of carbonyl (C=O) groups is 1. The van der Waals surface area contributed by atoms with Crippen LogP contribution in [0.4, 0.5) is 0 Å². The minimum atomic E-state index is 0.232. The molecule has 0 spiro atoms.